The number of fused-ring (bicyclic) bond motifs is 1. The van der Waals surface area contributed by atoms with E-state index in [1.165, 1.54) is 18.2 Å². The first-order chi connectivity index (χ1) is 7.79. The number of nitrogens with zero attached hydrogens (tertiary/aromatic N) is 1. The number of rotatable bonds is 2. The largest absolute Gasteiger partial charge is 0.497 e. The van der Waals surface area contributed by atoms with E-state index < -0.39 is 25.1 Å². The quantitative estimate of drug-likeness (QED) is 0.605. The van der Waals surface area contributed by atoms with Crippen LogP contribution >= 0.6 is 11.6 Å². The van der Waals surface area contributed by atoms with Crippen molar-refractivity contribution in [2.24, 2.45) is 0 Å². The van der Waals surface area contributed by atoms with Crippen LogP contribution in [0.4, 0.5) is 18.6 Å². The van der Waals surface area contributed by atoms with E-state index in [0.717, 1.165) is 0 Å². The number of carbonyl (C=O) groups excluding carboxylic acids is 2. The van der Waals surface area contributed by atoms with Gasteiger partial charge in [-0.1, -0.05) is 11.6 Å². The third kappa shape index (κ3) is 2.15. The van der Waals surface area contributed by atoms with Crippen LogP contribution in [0.3, 0.4) is 0 Å². The molecule has 0 spiro atoms. The molecule has 0 radical (unpaired) electrons. The molecule has 17 heavy (non-hydrogen) atoms. The summed E-state index contributed by atoms with van der Waals surface area (Å²) in [6, 6.07) is 3.79. The monoisotopic (exact) mass is 262 g/mol. The Balaban J connectivity index is 2.46. The number of hydrogen-bond acceptors (Lipinski definition) is 2. The molecule has 1 heterocycles. The zero-order chi connectivity index (χ0) is 12.8. The van der Waals surface area contributed by atoms with Crippen molar-refractivity contribution in [2.45, 2.75) is 0 Å². The highest BCUT2D eigenvalue weighted by molar-refractivity contribution is 6.62. The van der Waals surface area contributed by atoms with Crippen LogP contribution in [0.2, 0.25) is 5.02 Å². The summed E-state index contributed by atoms with van der Waals surface area (Å²) >= 11 is 5.63. The van der Waals surface area contributed by atoms with Gasteiger partial charge in [0.1, 0.15) is 0 Å². The molecule has 0 bridgehead atoms. The molecule has 1 aromatic carbocycles. The van der Waals surface area contributed by atoms with Crippen LogP contribution in [0.25, 0.3) is 0 Å². The molecule has 1 aliphatic heterocycles. The zero-order valence-corrected chi connectivity index (χ0v) is 9.05. The SMILES string of the molecule is O=C1C(=O)N(C[B-](F)(F)F)c2cc(Cl)ccc21. The molecule has 0 aliphatic carbocycles. The summed E-state index contributed by atoms with van der Waals surface area (Å²) in [5.74, 6) is -2.10. The van der Waals surface area contributed by atoms with Gasteiger partial charge in [0.2, 0.25) is 0 Å². The van der Waals surface area contributed by atoms with Gasteiger partial charge in [-0.3, -0.25) is 9.59 Å². The van der Waals surface area contributed by atoms with Gasteiger partial charge in [-0.15, -0.1) is 0 Å². The van der Waals surface area contributed by atoms with Crippen LogP contribution in [0.5, 0.6) is 0 Å². The molecule has 0 atom stereocenters. The second-order valence-corrected chi connectivity index (χ2v) is 4.05. The molecule has 1 aromatic rings. The van der Waals surface area contributed by atoms with E-state index in [-0.39, 0.29) is 16.3 Å². The minimum Gasteiger partial charge on any atom is -0.448 e. The molecule has 0 N–H and O–H groups in total. The van der Waals surface area contributed by atoms with E-state index in [1.807, 2.05) is 0 Å². The van der Waals surface area contributed by atoms with Crippen molar-refractivity contribution in [3.8, 4) is 0 Å². The molecule has 0 fully saturated rings. The van der Waals surface area contributed by atoms with E-state index >= 15 is 0 Å². The van der Waals surface area contributed by atoms with Gasteiger partial charge >= 0.3 is 6.98 Å². The molecule has 3 nitrogen and oxygen atoms in total. The lowest BCUT2D eigenvalue weighted by atomic mass is 9.91. The lowest BCUT2D eigenvalue weighted by Crippen LogP contribution is -2.41. The molecule has 0 aromatic heterocycles. The first kappa shape index (κ1) is 12.0. The smallest absolute Gasteiger partial charge is 0.448 e. The molecule has 2 rings (SSSR count). The van der Waals surface area contributed by atoms with Gasteiger partial charge in [-0.2, -0.15) is 0 Å². The number of benzene rings is 1. The third-order valence-electron chi connectivity index (χ3n) is 2.32. The Hall–Kier alpha value is -1.50. The lowest BCUT2D eigenvalue weighted by molar-refractivity contribution is -0.114. The summed E-state index contributed by atoms with van der Waals surface area (Å²) in [5, 5.41) is 0.172. The number of halogens is 4. The summed E-state index contributed by atoms with van der Waals surface area (Å²) in [4.78, 5) is 23.2. The van der Waals surface area contributed by atoms with Gasteiger partial charge in [0.25, 0.3) is 11.7 Å². The standard InChI is InChI=1S/C9H5BClF3NO2/c11-5-1-2-6-7(3-5)15(4-10(12,13)14)9(17)8(6)16/h1-3H,4H2/q-1. The minimum absolute atomic E-state index is 0.0422. The van der Waals surface area contributed by atoms with E-state index in [1.54, 1.807) is 0 Å². The molecular weight excluding hydrogens is 257 g/mol. The van der Waals surface area contributed by atoms with E-state index in [0.29, 0.717) is 4.90 Å². The van der Waals surface area contributed by atoms with Gasteiger partial charge in [-0.25, -0.2) is 0 Å². The molecule has 1 amide bonds. The van der Waals surface area contributed by atoms with Crippen LogP contribution in [0.1, 0.15) is 10.4 Å². The van der Waals surface area contributed by atoms with Crippen molar-refractivity contribution in [3.63, 3.8) is 0 Å². The van der Waals surface area contributed by atoms with Crippen LogP contribution in [0.15, 0.2) is 18.2 Å². The molecule has 0 saturated heterocycles. The predicted molar refractivity (Wildman–Crippen MR) is 57.2 cm³/mol. The molecule has 0 saturated carbocycles. The predicted octanol–water partition coefficient (Wildman–Crippen LogP) is 2.26. The first-order valence-electron chi connectivity index (χ1n) is 4.66. The Morgan fingerprint density at radius 1 is 1.24 bits per heavy atom. The highest BCUT2D eigenvalue weighted by Crippen LogP contribution is 2.32. The fourth-order valence-electron chi connectivity index (χ4n) is 1.66. The van der Waals surface area contributed by atoms with Crippen LogP contribution in [-0.4, -0.2) is 25.1 Å². The zero-order valence-electron chi connectivity index (χ0n) is 8.29. The van der Waals surface area contributed by atoms with Crippen molar-refractivity contribution in [3.05, 3.63) is 28.8 Å². The Bertz CT molecular complexity index is 517. The highest BCUT2D eigenvalue weighted by atomic mass is 35.5. The van der Waals surface area contributed by atoms with E-state index in [9.17, 15) is 22.5 Å². The summed E-state index contributed by atoms with van der Waals surface area (Å²) in [5.41, 5.74) is -0.119. The molecule has 8 heteroatoms. The van der Waals surface area contributed by atoms with Crippen LogP contribution in [0, 0.1) is 0 Å². The number of ketones is 1. The summed E-state index contributed by atoms with van der Waals surface area (Å²) in [7, 11) is 0. The number of anilines is 1. The Labute approximate surface area is 99.2 Å². The van der Waals surface area contributed by atoms with E-state index in [4.69, 9.17) is 11.6 Å². The maximum atomic E-state index is 12.3. The second-order valence-electron chi connectivity index (χ2n) is 3.62. The second kappa shape index (κ2) is 3.77. The summed E-state index contributed by atoms with van der Waals surface area (Å²) in [6.45, 7) is -5.20. The topological polar surface area (TPSA) is 37.4 Å². The Morgan fingerprint density at radius 2 is 1.88 bits per heavy atom. The lowest BCUT2D eigenvalue weighted by Gasteiger charge is -2.23. The molecule has 90 valence electrons. The molecule has 0 unspecified atom stereocenters. The van der Waals surface area contributed by atoms with Crippen molar-refractivity contribution in [1.82, 2.24) is 0 Å². The van der Waals surface area contributed by atoms with E-state index in [2.05, 4.69) is 0 Å². The van der Waals surface area contributed by atoms with Crippen molar-refractivity contribution in [2.75, 3.05) is 11.3 Å². The van der Waals surface area contributed by atoms with Gasteiger partial charge < -0.3 is 17.8 Å². The summed E-state index contributed by atoms with van der Waals surface area (Å²) in [6.07, 6.45) is -1.43. The highest BCUT2D eigenvalue weighted by Gasteiger charge is 2.39. The number of Topliss-reactive ketones (excluding diaryl/α,β-unsaturated/α-hetero) is 1. The Morgan fingerprint density at radius 3 is 2.47 bits per heavy atom. The van der Waals surface area contributed by atoms with Gasteiger partial charge in [0.15, 0.2) is 0 Å². The normalized spacial score (nSPS) is 15.4. The van der Waals surface area contributed by atoms with Gasteiger partial charge in [0, 0.05) is 5.02 Å². The van der Waals surface area contributed by atoms with Gasteiger partial charge in [-0.05, 0) is 24.6 Å². The average molecular weight is 262 g/mol. The maximum absolute atomic E-state index is 12.3. The fourth-order valence-corrected chi connectivity index (χ4v) is 1.82. The van der Waals surface area contributed by atoms with Crippen LogP contribution in [-0.2, 0) is 4.79 Å². The van der Waals surface area contributed by atoms with Crippen LogP contribution < -0.4 is 4.90 Å². The summed E-state index contributed by atoms with van der Waals surface area (Å²) < 4.78 is 37.0. The number of hydrogen-bond donors (Lipinski definition) is 0. The van der Waals surface area contributed by atoms with Crippen molar-refractivity contribution >= 4 is 36.0 Å². The first-order valence-corrected chi connectivity index (χ1v) is 5.04. The maximum Gasteiger partial charge on any atom is 0.497 e. The Kier molecular flexibility index (Phi) is 2.65. The molecule has 1 aliphatic rings. The number of amides is 1. The molecular formula is C9H5BClF3NO2-. The average Bonchev–Trinajstić information content (AvgIpc) is 2.42. The van der Waals surface area contributed by atoms with Gasteiger partial charge in [0.05, 0.1) is 11.3 Å². The third-order valence-corrected chi connectivity index (χ3v) is 2.56. The van der Waals surface area contributed by atoms with Crippen molar-refractivity contribution in [1.29, 1.82) is 0 Å². The fraction of sp³-hybridized carbons (Fsp3) is 0.111. The van der Waals surface area contributed by atoms with Crippen molar-refractivity contribution < 1.29 is 22.5 Å². The minimum atomic E-state index is -5.20. The number of carbonyl (C=O) groups is 2.